The van der Waals surface area contributed by atoms with Crippen LogP contribution >= 0.6 is 0 Å². The highest BCUT2D eigenvalue weighted by Crippen LogP contribution is 2.82. The zero-order valence-corrected chi connectivity index (χ0v) is 21.4. The second-order valence-electron chi connectivity index (χ2n) is 12.3. The summed E-state index contributed by atoms with van der Waals surface area (Å²) < 4.78 is 10.7. The van der Waals surface area contributed by atoms with Crippen molar-refractivity contribution in [1.29, 1.82) is 0 Å². The fourth-order valence-electron chi connectivity index (χ4n) is 9.41. The van der Waals surface area contributed by atoms with Gasteiger partial charge in [0.05, 0.1) is 25.6 Å². The lowest BCUT2D eigenvalue weighted by molar-refractivity contribution is -0.217. The van der Waals surface area contributed by atoms with Crippen LogP contribution in [0.4, 0.5) is 0 Å². The van der Waals surface area contributed by atoms with Crippen LogP contribution in [0.25, 0.3) is 0 Å². The summed E-state index contributed by atoms with van der Waals surface area (Å²) in [5, 5.41) is 0. The molecule has 4 heteroatoms. The molecular weight excluding hydrogens is 400 g/mol. The standard InChI is InChI=1S/C28H44O4/c1-18(2)9-8-10-19(3)20-11-13-27-17-21(23(29)31-6)28(24(30)32-7)14-12-22(27)26(28,5)16-15-25(20,27)4/h11,18-19,21-22H,8-10,12-17H2,1-7H3. The van der Waals surface area contributed by atoms with E-state index in [9.17, 15) is 9.59 Å². The van der Waals surface area contributed by atoms with Crippen molar-refractivity contribution in [3.8, 4) is 0 Å². The number of carbonyl (C=O) groups is 2. The minimum atomic E-state index is -0.738. The summed E-state index contributed by atoms with van der Waals surface area (Å²) >= 11 is 0. The fraction of sp³-hybridized carbons (Fsp3) is 0.857. The maximum Gasteiger partial charge on any atom is 0.313 e. The molecule has 3 fully saturated rings. The van der Waals surface area contributed by atoms with Gasteiger partial charge in [-0.05, 0) is 78.9 Å². The molecule has 3 saturated carbocycles. The molecule has 0 aliphatic heterocycles. The quantitative estimate of drug-likeness (QED) is 0.340. The lowest BCUT2D eigenvalue weighted by Gasteiger charge is -2.67. The summed E-state index contributed by atoms with van der Waals surface area (Å²) in [7, 11) is 2.95. The van der Waals surface area contributed by atoms with Gasteiger partial charge in [-0.1, -0.05) is 59.1 Å². The maximum atomic E-state index is 13.4. The average Bonchev–Trinajstić information content (AvgIpc) is 3.15. The van der Waals surface area contributed by atoms with E-state index in [1.54, 1.807) is 5.57 Å². The van der Waals surface area contributed by atoms with Gasteiger partial charge >= 0.3 is 11.9 Å². The average molecular weight is 445 g/mol. The summed E-state index contributed by atoms with van der Waals surface area (Å²) in [6.45, 7) is 11.8. The van der Waals surface area contributed by atoms with Crippen LogP contribution in [0.5, 0.6) is 0 Å². The second kappa shape index (κ2) is 7.87. The second-order valence-corrected chi connectivity index (χ2v) is 12.3. The highest BCUT2D eigenvalue weighted by Gasteiger charge is 2.79. The minimum absolute atomic E-state index is 0.0501. The van der Waals surface area contributed by atoms with E-state index >= 15 is 0 Å². The molecule has 7 unspecified atom stereocenters. The van der Waals surface area contributed by atoms with E-state index in [0.29, 0.717) is 11.8 Å². The molecule has 0 aromatic heterocycles. The van der Waals surface area contributed by atoms with Crippen LogP contribution in [0.2, 0.25) is 0 Å². The Bertz CT molecular complexity index is 814. The van der Waals surface area contributed by atoms with Gasteiger partial charge < -0.3 is 9.47 Å². The van der Waals surface area contributed by atoms with Crippen molar-refractivity contribution >= 4 is 11.9 Å². The van der Waals surface area contributed by atoms with E-state index in [2.05, 4.69) is 40.7 Å². The summed E-state index contributed by atoms with van der Waals surface area (Å²) in [4.78, 5) is 26.6. The van der Waals surface area contributed by atoms with Crippen LogP contribution in [0.1, 0.15) is 92.4 Å². The first-order chi connectivity index (χ1) is 15.0. The molecule has 4 nitrogen and oxygen atoms in total. The molecule has 0 N–H and O–H groups in total. The Labute approximate surface area is 194 Å². The van der Waals surface area contributed by atoms with Crippen molar-refractivity contribution in [2.75, 3.05) is 14.2 Å². The fourth-order valence-corrected chi connectivity index (χ4v) is 9.41. The minimum Gasteiger partial charge on any atom is -0.469 e. The normalized spacial score (nSPS) is 42.9. The first-order valence-electron chi connectivity index (χ1n) is 12.9. The van der Waals surface area contributed by atoms with Crippen LogP contribution in [0.3, 0.4) is 0 Å². The first-order valence-corrected chi connectivity index (χ1v) is 12.9. The molecule has 0 aromatic carbocycles. The van der Waals surface area contributed by atoms with Gasteiger partial charge in [0.1, 0.15) is 0 Å². The molecule has 0 heterocycles. The van der Waals surface area contributed by atoms with Crippen molar-refractivity contribution in [3.05, 3.63) is 11.6 Å². The van der Waals surface area contributed by atoms with Crippen molar-refractivity contribution in [3.63, 3.8) is 0 Å². The maximum absolute atomic E-state index is 13.4. The van der Waals surface area contributed by atoms with Gasteiger partial charge in [-0.3, -0.25) is 9.59 Å². The molecule has 1 spiro atoms. The highest BCUT2D eigenvalue weighted by atomic mass is 16.5. The number of hydrogen-bond acceptors (Lipinski definition) is 4. The Kier molecular flexibility index (Phi) is 5.86. The van der Waals surface area contributed by atoms with Gasteiger partial charge in [-0.25, -0.2) is 0 Å². The lowest BCUT2D eigenvalue weighted by Crippen LogP contribution is -2.66. The van der Waals surface area contributed by atoms with Crippen molar-refractivity contribution in [1.82, 2.24) is 0 Å². The zero-order valence-electron chi connectivity index (χ0n) is 21.4. The summed E-state index contributed by atoms with van der Waals surface area (Å²) in [6, 6.07) is 0. The Hall–Kier alpha value is -1.32. The summed E-state index contributed by atoms with van der Waals surface area (Å²) in [5.74, 6) is 0.959. The van der Waals surface area contributed by atoms with Crippen LogP contribution in [0.15, 0.2) is 11.6 Å². The third kappa shape index (κ3) is 2.79. The molecule has 32 heavy (non-hydrogen) atoms. The first kappa shape index (κ1) is 23.8. The predicted octanol–water partition coefficient (Wildman–Crippen LogP) is 6.33. The topological polar surface area (TPSA) is 52.6 Å². The molecule has 4 rings (SSSR count). The largest absolute Gasteiger partial charge is 0.469 e. The molecular formula is C28H44O4. The van der Waals surface area contributed by atoms with E-state index in [1.807, 2.05) is 0 Å². The van der Waals surface area contributed by atoms with E-state index < -0.39 is 11.3 Å². The van der Waals surface area contributed by atoms with Crippen molar-refractivity contribution < 1.29 is 19.1 Å². The van der Waals surface area contributed by atoms with Crippen LogP contribution in [-0.2, 0) is 19.1 Å². The van der Waals surface area contributed by atoms with Gasteiger partial charge in [0, 0.05) is 0 Å². The smallest absolute Gasteiger partial charge is 0.313 e. The SMILES string of the molecule is COC(=O)C1CC23CC=C(C(C)CCCC(C)C)C2(C)CCC2(C)C3CCC12C(=O)OC. The number of carbonyl (C=O) groups excluding carboxylic acids is 2. The van der Waals surface area contributed by atoms with Crippen LogP contribution in [-0.4, -0.2) is 26.2 Å². The number of esters is 2. The molecule has 7 atom stereocenters. The van der Waals surface area contributed by atoms with Gasteiger partial charge in [0.15, 0.2) is 0 Å². The molecule has 4 bridgehead atoms. The molecule has 180 valence electrons. The monoisotopic (exact) mass is 444 g/mol. The van der Waals surface area contributed by atoms with Gasteiger partial charge in [0.2, 0.25) is 0 Å². The lowest BCUT2D eigenvalue weighted by atomic mass is 9.35. The van der Waals surface area contributed by atoms with Crippen molar-refractivity contribution in [2.24, 2.45) is 45.3 Å². The highest BCUT2D eigenvalue weighted by molar-refractivity contribution is 5.87. The van der Waals surface area contributed by atoms with Gasteiger partial charge in [-0.2, -0.15) is 0 Å². The Morgan fingerprint density at radius 3 is 2.41 bits per heavy atom. The molecule has 0 aromatic rings. The van der Waals surface area contributed by atoms with Crippen LogP contribution in [0, 0.1) is 45.3 Å². The van der Waals surface area contributed by atoms with E-state index in [4.69, 9.17) is 9.47 Å². The third-order valence-electron chi connectivity index (χ3n) is 11.0. The van der Waals surface area contributed by atoms with Gasteiger partial charge in [-0.15, -0.1) is 0 Å². The number of allylic oxidation sites excluding steroid dienone is 2. The Balaban J connectivity index is 1.73. The van der Waals surface area contributed by atoms with Crippen molar-refractivity contribution in [2.45, 2.75) is 92.4 Å². The van der Waals surface area contributed by atoms with E-state index in [1.165, 1.54) is 33.5 Å². The molecule has 4 aliphatic carbocycles. The van der Waals surface area contributed by atoms with E-state index in [0.717, 1.165) is 44.4 Å². The molecule has 0 saturated heterocycles. The third-order valence-corrected chi connectivity index (χ3v) is 11.0. The number of methoxy groups -OCH3 is 2. The number of ether oxygens (including phenoxy) is 2. The number of hydrogen-bond donors (Lipinski definition) is 0. The number of rotatable bonds is 7. The summed E-state index contributed by atoms with van der Waals surface area (Å²) in [5.41, 5.74) is 0.838. The van der Waals surface area contributed by atoms with Crippen LogP contribution < -0.4 is 0 Å². The zero-order chi connectivity index (χ0) is 23.5. The Morgan fingerprint density at radius 1 is 1.06 bits per heavy atom. The van der Waals surface area contributed by atoms with Gasteiger partial charge in [0.25, 0.3) is 0 Å². The molecule has 0 amide bonds. The molecule has 0 radical (unpaired) electrons. The molecule has 4 aliphatic rings. The Morgan fingerprint density at radius 2 is 1.78 bits per heavy atom. The predicted molar refractivity (Wildman–Crippen MR) is 126 cm³/mol. The summed E-state index contributed by atoms with van der Waals surface area (Å²) in [6.07, 6.45) is 12.0. The van der Waals surface area contributed by atoms with E-state index in [-0.39, 0.29) is 28.2 Å².